The van der Waals surface area contributed by atoms with Crippen LogP contribution in [0.5, 0.6) is 5.75 Å². The molecule has 1 unspecified atom stereocenters. The Morgan fingerprint density at radius 3 is 3.00 bits per heavy atom. The maximum absolute atomic E-state index is 12.0. The van der Waals surface area contributed by atoms with E-state index in [1.165, 1.54) is 5.56 Å². The van der Waals surface area contributed by atoms with Crippen LogP contribution in [0.15, 0.2) is 18.2 Å². The van der Waals surface area contributed by atoms with E-state index in [-0.39, 0.29) is 6.04 Å². The predicted octanol–water partition coefficient (Wildman–Crippen LogP) is 2.94. The van der Waals surface area contributed by atoms with Crippen LogP contribution >= 0.6 is 0 Å². The third kappa shape index (κ3) is 4.15. The fourth-order valence-corrected chi connectivity index (χ4v) is 2.45. The highest BCUT2D eigenvalue weighted by Gasteiger charge is 2.15. The monoisotopic (exact) mass is 285 g/mol. The Hall–Kier alpha value is -1.20. The van der Waals surface area contributed by atoms with E-state index < -0.39 is 13.0 Å². The lowest BCUT2D eigenvalue weighted by Gasteiger charge is -2.21. The van der Waals surface area contributed by atoms with Crippen LogP contribution in [-0.2, 0) is 11.2 Å². The molecule has 1 heterocycles. The summed E-state index contributed by atoms with van der Waals surface area (Å²) in [5.41, 5.74) is 2.37. The number of aryl methyl sites for hydroxylation is 1. The van der Waals surface area contributed by atoms with Gasteiger partial charge in [0.1, 0.15) is 12.4 Å². The van der Waals surface area contributed by atoms with Crippen molar-refractivity contribution in [2.45, 2.75) is 31.7 Å². The molecule has 1 aliphatic rings. The first-order valence-electron chi connectivity index (χ1n) is 6.99. The fraction of sp³-hybridized carbons (Fsp3) is 0.600. The van der Waals surface area contributed by atoms with Gasteiger partial charge >= 0.3 is 0 Å². The zero-order valence-electron chi connectivity index (χ0n) is 11.7. The molecule has 1 N–H and O–H groups in total. The van der Waals surface area contributed by atoms with Crippen LogP contribution in [0.25, 0.3) is 0 Å². The third-order valence-corrected chi connectivity index (χ3v) is 3.48. The summed E-state index contributed by atoms with van der Waals surface area (Å²) < 4.78 is 34.5. The van der Waals surface area contributed by atoms with Gasteiger partial charge in [0.25, 0.3) is 6.43 Å². The quantitative estimate of drug-likeness (QED) is 0.781. The van der Waals surface area contributed by atoms with Gasteiger partial charge in [0.05, 0.1) is 6.61 Å². The van der Waals surface area contributed by atoms with Gasteiger partial charge in [0.2, 0.25) is 0 Å². The first-order valence-corrected chi connectivity index (χ1v) is 6.99. The van der Waals surface area contributed by atoms with E-state index in [9.17, 15) is 8.78 Å². The molecule has 112 valence electrons. The van der Waals surface area contributed by atoms with Crippen molar-refractivity contribution in [3.05, 3.63) is 29.3 Å². The molecule has 2 rings (SSSR count). The first-order chi connectivity index (χ1) is 9.70. The molecule has 0 aliphatic carbocycles. The Morgan fingerprint density at radius 1 is 1.40 bits per heavy atom. The Labute approximate surface area is 118 Å². The summed E-state index contributed by atoms with van der Waals surface area (Å²) in [4.78, 5) is 0. The number of rotatable bonds is 7. The van der Waals surface area contributed by atoms with Crippen molar-refractivity contribution in [3.8, 4) is 5.75 Å². The van der Waals surface area contributed by atoms with E-state index in [0.29, 0.717) is 13.0 Å². The van der Waals surface area contributed by atoms with E-state index in [0.717, 1.165) is 30.8 Å². The summed E-state index contributed by atoms with van der Waals surface area (Å²) in [6.45, 7) is 0.612. The topological polar surface area (TPSA) is 30.5 Å². The molecule has 20 heavy (non-hydrogen) atoms. The maximum Gasteiger partial charge on any atom is 0.261 e. The highest BCUT2D eigenvalue weighted by atomic mass is 19.3. The molecule has 0 saturated heterocycles. The second-order valence-electron chi connectivity index (χ2n) is 4.92. The van der Waals surface area contributed by atoms with E-state index >= 15 is 0 Å². The standard InChI is InChI=1S/C15H21F2NO2/c1-18-13(6-8-19-10-15(16)17)11-4-5-14-12(9-11)3-2-7-20-14/h4-5,9,13,15,18H,2-3,6-8,10H2,1H3. The van der Waals surface area contributed by atoms with Crippen molar-refractivity contribution in [2.24, 2.45) is 0 Å². The molecule has 5 heteroatoms. The SMILES string of the molecule is CNC(CCOCC(F)F)c1ccc2c(c1)CCCO2. The van der Waals surface area contributed by atoms with Crippen molar-refractivity contribution in [1.82, 2.24) is 5.32 Å². The van der Waals surface area contributed by atoms with E-state index in [1.807, 2.05) is 19.2 Å². The molecule has 1 atom stereocenters. The summed E-state index contributed by atoms with van der Waals surface area (Å²) in [6.07, 6.45) is 0.339. The first kappa shape index (κ1) is 15.2. The van der Waals surface area contributed by atoms with Crippen molar-refractivity contribution >= 4 is 0 Å². The lowest BCUT2D eigenvalue weighted by atomic mass is 9.98. The van der Waals surface area contributed by atoms with Gasteiger partial charge in [-0.3, -0.25) is 0 Å². The second-order valence-corrected chi connectivity index (χ2v) is 4.92. The average molecular weight is 285 g/mol. The van der Waals surface area contributed by atoms with Crippen LogP contribution in [-0.4, -0.2) is 33.3 Å². The van der Waals surface area contributed by atoms with E-state index in [4.69, 9.17) is 9.47 Å². The molecule has 3 nitrogen and oxygen atoms in total. The van der Waals surface area contributed by atoms with Crippen molar-refractivity contribution < 1.29 is 18.3 Å². The highest BCUT2D eigenvalue weighted by molar-refractivity contribution is 5.39. The largest absolute Gasteiger partial charge is 0.493 e. The number of fused-ring (bicyclic) bond motifs is 1. The number of hydrogen-bond donors (Lipinski definition) is 1. The normalized spacial score (nSPS) is 15.8. The third-order valence-electron chi connectivity index (χ3n) is 3.48. The lowest BCUT2D eigenvalue weighted by Crippen LogP contribution is -2.20. The van der Waals surface area contributed by atoms with Gasteiger partial charge < -0.3 is 14.8 Å². The Morgan fingerprint density at radius 2 is 2.25 bits per heavy atom. The minimum Gasteiger partial charge on any atom is -0.493 e. The Balaban J connectivity index is 1.93. The summed E-state index contributed by atoms with van der Waals surface area (Å²) in [6, 6.07) is 6.27. The summed E-state index contributed by atoms with van der Waals surface area (Å²) >= 11 is 0. The number of alkyl halides is 2. The number of ether oxygens (including phenoxy) is 2. The maximum atomic E-state index is 12.0. The molecule has 0 radical (unpaired) electrons. The highest BCUT2D eigenvalue weighted by Crippen LogP contribution is 2.28. The van der Waals surface area contributed by atoms with Gasteiger partial charge in [-0.05, 0) is 43.5 Å². The van der Waals surface area contributed by atoms with Gasteiger partial charge in [0.15, 0.2) is 0 Å². The molecule has 1 aromatic carbocycles. The smallest absolute Gasteiger partial charge is 0.261 e. The average Bonchev–Trinajstić information content (AvgIpc) is 2.46. The van der Waals surface area contributed by atoms with Crippen molar-refractivity contribution in [1.29, 1.82) is 0 Å². The van der Waals surface area contributed by atoms with E-state index in [2.05, 4.69) is 11.4 Å². The van der Waals surface area contributed by atoms with Crippen LogP contribution in [0, 0.1) is 0 Å². The molecule has 0 aromatic heterocycles. The van der Waals surface area contributed by atoms with Gasteiger partial charge in [-0.25, -0.2) is 8.78 Å². The van der Waals surface area contributed by atoms with Gasteiger partial charge in [-0.2, -0.15) is 0 Å². The zero-order valence-corrected chi connectivity index (χ0v) is 11.7. The van der Waals surface area contributed by atoms with Crippen LogP contribution in [0.3, 0.4) is 0 Å². The van der Waals surface area contributed by atoms with E-state index in [1.54, 1.807) is 0 Å². The Kier molecular flexibility index (Phi) is 5.73. The molecule has 0 saturated carbocycles. The molecule has 0 amide bonds. The minimum absolute atomic E-state index is 0.111. The summed E-state index contributed by atoms with van der Waals surface area (Å²) in [5.74, 6) is 0.962. The lowest BCUT2D eigenvalue weighted by molar-refractivity contribution is 0.0145. The van der Waals surface area contributed by atoms with Gasteiger partial charge in [-0.15, -0.1) is 0 Å². The summed E-state index contributed by atoms with van der Waals surface area (Å²) in [5, 5.41) is 3.20. The van der Waals surface area contributed by atoms with Gasteiger partial charge in [-0.1, -0.05) is 12.1 Å². The van der Waals surface area contributed by atoms with Crippen molar-refractivity contribution in [2.75, 3.05) is 26.9 Å². The van der Waals surface area contributed by atoms with Crippen molar-refractivity contribution in [3.63, 3.8) is 0 Å². The number of halogens is 2. The predicted molar refractivity (Wildman–Crippen MR) is 73.5 cm³/mol. The number of benzene rings is 1. The molecule has 1 aromatic rings. The number of hydrogen-bond acceptors (Lipinski definition) is 3. The van der Waals surface area contributed by atoms with Crippen LogP contribution in [0.1, 0.15) is 30.0 Å². The molecule has 1 aliphatic heterocycles. The van der Waals surface area contributed by atoms with Crippen LogP contribution in [0.2, 0.25) is 0 Å². The minimum atomic E-state index is -2.40. The molecule has 0 bridgehead atoms. The molecular formula is C15H21F2NO2. The van der Waals surface area contributed by atoms with Crippen LogP contribution < -0.4 is 10.1 Å². The molecule has 0 spiro atoms. The number of nitrogens with one attached hydrogen (secondary N) is 1. The fourth-order valence-electron chi connectivity index (χ4n) is 2.45. The van der Waals surface area contributed by atoms with Gasteiger partial charge in [0, 0.05) is 12.6 Å². The molecule has 0 fully saturated rings. The van der Waals surface area contributed by atoms with Crippen LogP contribution in [0.4, 0.5) is 8.78 Å². The molecular weight excluding hydrogens is 264 g/mol. The second kappa shape index (κ2) is 7.55. The zero-order chi connectivity index (χ0) is 14.4. The Bertz CT molecular complexity index is 426. The summed E-state index contributed by atoms with van der Waals surface area (Å²) in [7, 11) is 1.87.